The molecule has 0 saturated heterocycles. The molecule has 1 aromatic rings. The summed E-state index contributed by atoms with van der Waals surface area (Å²) in [5.74, 6) is -0.163. The highest BCUT2D eigenvalue weighted by atomic mass is 79.9. The molecule has 1 aliphatic rings. The standard InChI is InChI=1S/C12H13BrN2O4/c13-11-8(2-1-3-9(11)15(18)19)12(17)14-6-10(16)7-4-5-7/h1-3,7,10,16H,4-6H2,(H,14,17). The van der Waals surface area contributed by atoms with E-state index in [0.29, 0.717) is 0 Å². The molecule has 1 fully saturated rings. The molecule has 0 bridgehead atoms. The molecule has 6 nitrogen and oxygen atoms in total. The first-order valence-corrected chi connectivity index (χ1v) is 6.69. The Labute approximate surface area is 118 Å². The van der Waals surface area contributed by atoms with Gasteiger partial charge in [0.2, 0.25) is 0 Å². The normalized spacial score (nSPS) is 15.9. The van der Waals surface area contributed by atoms with E-state index in [1.54, 1.807) is 0 Å². The van der Waals surface area contributed by atoms with Gasteiger partial charge in [-0.05, 0) is 40.8 Å². The Kier molecular flexibility index (Phi) is 4.16. The minimum atomic E-state index is -0.556. The summed E-state index contributed by atoms with van der Waals surface area (Å²) in [4.78, 5) is 22.1. The van der Waals surface area contributed by atoms with E-state index in [1.165, 1.54) is 18.2 Å². The van der Waals surface area contributed by atoms with Crippen molar-refractivity contribution in [2.75, 3.05) is 6.54 Å². The Hall–Kier alpha value is -1.47. The zero-order chi connectivity index (χ0) is 14.0. The minimum absolute atomic E-state index is 0.151. The van der Waals surface area contributed by atoms with Crippen molar-refractivity contribution in [3.05, 3.63) is 38.3 Å². The molecule has 0 heterocycles. The zero-order valence-corrected chi connectivity index (χ0v) is 11.6. The molecular weight excluding hydrogens is 316 g/mol. The highest BCUT2D eigenvalue weighted by molar-refractivity contribution is 9.10. The molecule has 2 N–H and O–H groups in total. The zero-order valence-electron chi connectivity index (χ0n) is 10.0. The lowest BCUT2D eigenvalue weighted by molar-refractivity contribution is -0.385. The summed E-state index contributed by atoms with van der Waals surface area (Å²) in [5, 5.41) is 23.0. The fourth-order valence-corrected chi connectivity index (χ4v) is 2.37. The van der Waals surface area contributed by atoms with E-state index in [4.69, 9.17) is 0 Å². The molecule has 1 aromatic carbocycles. The lowest BCUT2D eigenvalue weighted by atomic mass is 10.1. The van der Waals surface area contributed by atoms with Gasteiger partial charge in [-0.15, -0.1) is 0 Å². The molecule has 1 saturated carbocycles. The average molecular weight is 329 g/mol. The number of nitrogens with one attached hydrogen (secondary N) is 1. The number of aliphatic hydroxyl groups excluding tert-OH is 1. The van der Waals surface area contributed by atoms with Gasteiger partial charge in [0.05, 0.1) is 16.6 Å². The third kappa shape index (κ3) is 3.30. The fourth-order valence-electron chi connectivity index (χ4n) is 1.78. The van der Waals surface area contributed by atoms with Gasteiger partial charge >= 0.3 is 0 Å². The summed E-state index contributed by atoms with van der Waals surface area (Å²) in [7, 11) is 0. The second-order valence-corrected chi connectivity index (χ2v) is 5.30. The van der Waals surface area contributed by atoms with Crippen molar-refractivity contribution in [3.63, 3.8) is 0 Å². The number of hydrogen-bond acceptors (Lipinski definition) is 4. The monoisotopic (exact) mass is 328 g/mol. The summed E-state index contributed by atoms with van der Waals surface area (Å²) in [5.41, 5.74) is 0.0348. The Morgan fingerprint density at radius 1 is 1.58 bits per heavy atom. The van der Waals surface area contributed by atoms with Crippen LogP contribution in [0.3, 0.4) is 0 Å². The molecule has 7 heteroatoms. The first-order chi connectivity index (χ1) is 9.00. The van der Waals surface area contributed by atoms with Gasteiger partial charge in [-0.25, -0.2) is 0 Å². The number of rotatable bonds is 5. The van der Waals surface area contributed by atoms with Crippen LogP contribution in [0, 0.1) is 16.0 Å². The van der Waals surface area contributed by atoms with Crippen LogP contribution in [0.5, 0.6) is 0 Å². The largest absolute Gasteiger partial charge is 0.391 e. The molecule has 0 radical (unpaired) electrons. The van der Waals surface area contributed by atoms with E-state index in [0.717, 1.165) is 12.8 Å². The topological polar surface area (TPSA) is 92.5 Å². The van der Waals surface area contributed by atoms with Crippen LogP contribution >= 0.6 is 15.9 Å². The van der Waals surface area contributed by atoms with Gasteiger partial charge in [-0.1, -0.05) is 6.07 Å². The Morgan fingerprint density at radius 2 is 2.26 bits per heavy atom. The molecule has 1 atom stereocenters. The second kappa shape index (κ2) is 5.66. The van der Waals surface area contributed by atoms with Gasteiger partial charge in [0.25, 0.3) is 11.6 Å². The number of benzene rings is 1. The SMILES string of the molecule is O=C(NCC(O)C1CC1)c1cccc([N+](=O)[O-])c1Br. The maximum Gasteiger partial charge on any atom is 0.284 e. The maximum absolute atomic E-state index is 11.9. The lowest BCUT2D eigenvalue weighted by Crippen LogP contribution is -2.33. The van der Waals surface area contributed by atoms with Crippen molar-refractivity contribution < 1.29 is 14.8 Å². The number of amides is 1. The number of hydrogen-bond donors (Lipinski definition) is 2. The molecule has 1 unspecified atom stereocenters. The van der Waals surface area contributed by atoms with Crippen molar-refractivity contribution in [3.8, 4) is 0 Å². The fraction of sp³-hybridized carbons (Fsp3) is 0.417. The van der Waals surface area contributed by atoms with Crippen molar-refractivity contribution >= 4 is 27.5 Å². The summed E-state index contributed by atoms with van der Waals surface area (Å²) >= 11 is 3.07. The lowest BCUT2D eigenvalue weighted by Gasteiger charge is -2.11. The van der Waals surface area contributed by atoms with E-state index in [1.807, 2.05) is 0 Å². The van der Waals surface area contributed by atoms with Crippen molar-refractivity contribution in [2.45, 2.75) is 18.9 Å². The number of nitro groups is 1. The summed E-state index contributed by atoms with van der Waals surface area (Å²) in [6.07, 6.45) is 1.43. The number of nitrogens with zero attached hydrogens (tertiary/aromatic N) is 1. The number of aliphatic hydroxyl groups is 1. The van der Waals surface area contributed by atoms with Gasteiger partial charge in [-0.2, -0.15) is 0 Å². The molecule has 1 aliphatic carbocycles. The Morgan fingerprint density at radius 3 is 2.84 bits per heavy atom. The van der Waals surface area contributed by atoms with Crippen LogP contribution < -0.4 is 5.32 Å². The molecule has 1 amide bonds. The minimum Gasteiger partial charge on any atom is -0.391 e. The maximum atomic E-state index is 11.9. The highest BCUT2D eigenvalue weighted by Gasteiger charge is 2.30. The van der Waals surface area contributed by atoms with Gasteiger partial charge in [0.1, 0.15) is 4.47 Å². The predicted molar refractivity (Wildman–Crippen MR) is 71.9 cm³/mol. The van der Waals surface area contributed by atoms with Crippen molar-refractivity contribution in [1.29, 1.82) is 0 Å². The van der Waals surface area contributed by atoms with E-state index in [2.05, 4.69) is 21.2 Å². The van der Waals surface area contributed by atoms with E-state index < -0.39 is 16.9 Å². The molecule has 2 rings (SSSR count). The Bertz CT molecular complexity index is 516. The highest BCUT2D eigenvalue weighted by Crippen LogP contribution is 2.32. The Balaban J connectivity index is 2.06. The summed E-state index contributed by atoms with van der Waals surface area (Å²) < 4.78 is 0.151. The third-order valence-corrected chi connectivity index (χ3v) is 3.89. The smallest absolute Gasteiger partial charge is 0.284 e. The van der Waals surface area contributed by atoms with E-state index in [-0.39, 0.29) is 28.2 Å². The number of halogens is 1. The molecule has 19 heavy (non-hydrogen) atoms. The van der Waals surface area contributed by atoms with E-state index in [9.17, 15) is 20.0 Å². The molecule has 0 spiro atoms. The molecular formula is C12H13BrN2O4. The van der Waals surface area contributed by atoms with Crippen LogP contribution in [-0.2, 0) is 0 Å². The molecule has 0 aromatic heterocycles. The van der Waals surface area contributed by atoms with Crippen LogP contribution in [0.15, 0.2) is 22.7 Å². The van der Waals surface area contributed by atoms with Gasteiger partial charge < -0.3 is 10.4 Å². The first-order valence-electron chi connectivity index (χ1n) is 5.90. The van der Waals surface area contributed by atoms with Crippen molar-refractivity contribution in [2.24, 2.45) is 5.92 Å². The average Bonchev–Trinajstić information content (AvgIpc) is 3.19. The molecule has 0 aliphatic heterocycles. The van der Waals surface area contributed by atoms with Crippen LogP contribution in [0.4, 0.5) is 5.69 Å². The quantitative estimate of drug-likeness (QED) is 0.637. The van der Waals surface area contributed by atoms with Crippen LogP contribution in [0.2, 0.25) is 0 Å². The molecule has 102 valence electrons. The third-order valence-electron chi connectivity index (χ3n) is 3.06. The predicted octanol–water partition coefficient (Wildman–Crippen LogP) is 1.86. The van der Waals surface area contributed by atoms with Crippen molar-refractivity contribution in [1.82, 2.24) is 5.32 Å². The number of carbonyl (C=O) groups excluding carboxylic acids is 1. The summed E-state index contributed by atoms with van der Waals surface area (Å²) in [6.45, 7) is 0.165. The number of nitro benzene ring substituents is 1. The first kappa shape index (κ1) is 14.0. The van der Waals surface area contributed by atoms with E-state index >= 15 is 0 Å². The van der Waals surface area contributed by atoms with Gasteiger partial charge in [0, 0.05) is 12.6 Å². The second-order valence-electron chi connectivity index (χ2n) is 4.51. The van der Waals surface area contributed by atoms with Gasteiger partial charge in [0.15, 0.2) is 0 Å². The van der Waals surface area contributed by atoms with Crippen LogP contribution in [0.25, 0.3) is 0 Å². The van der Waals surface area contributed by atoms with Gasteiger partial charge in [-0.3, -0.25) is 14.9 Å². The van der Waals surface area contributed by atoms with Crippen LogP contribution in [0.1, 0.15) is 23.2 Å². The summed E-state index contributed by atoms with van der Waals surface area (Å²) in [6, 6.07) is 4.27. The van der Waals surface area contributed by atoms with Crippen LogP contribution in [-0.4, -0.2) is 28.6 Å². The number of carbonyl (C=O) groups is 1.